The molecule has 1 aliphatic heterocycles. The fourth-order valence-electron chi connectivity index (χ4n) is 3.18. The third-order valence-electron chi connectivity index (χ3n) is 4.38. The highest BCUT2D eigenvalue weighted by molar-refractivity contribution is 7.91. The fraction of sp³-hybridized carbons (Fsp3) is 0.294. The van der Waals surface area contributed by atoms with Gasteiger partial charge in [-0.25, -0.2) is 13.4 Å². The van der Waals surface area contributed by atoms with Crippen molar-refractivity contribution in [3.05, 3.63) is 39.7 Å². The van der Waals surface area contributed by atoms with E-state index in [1.54, 1.807) is 23.5 Å². The number of fused-ring (bicyclic) bond motifs is 1. The topological polar surface area (TPSA) is 79.4 Å². The molecule has 1 atom stereocenters. The monoisotopic (exact) mass is 441 g/mol. The van der Waals surface area contributed by atoms with Crippen molar-refractivity contribution in [3.8, 4) is 0 Å². The number of nitrogens with zero attached hydrogens (tertiary/aromatic N) is 2. The maximum absolute atomic E-state index is 12.9. The van der Waals surface area contributed by atoms with E-state index >= 15 is 0 Å². The zero-order valence-corrected chi connectivity index (χ0v) is 17.5. The smallest absolute Gasteiger partial charge is 0.253 e. The number of thiophene rings is 1. The lowest BCUT2D eigenvalue weighted by molar-refractivity contribution is -0.119. The molecule has 3 heterocycles. The SMILES string of the molecule is Cc1nc2ccc(NC(=O)C3CCCN3S(=O)(=O)c3ccc(Cl)s3)cc2s1. The molecule has 142 valence electrons. The number of rotatable bonds is 4. The van der Waals surface area contributed by atoms with Crippen LogP contribution >= 0.6 is 34.3 Å². The van der Waals surface area contributed by atoms with Gasteiger partial charge in [-0.05, 0) is 50.1 Å². The predicted octanol–water partition coefficient (Wildman–Crippen LogP) is 4.11. The van der Waals surface area contributed by atoms with Gasteiger partial charge in [-0.15, -0.1) is 22.7 Å². The van der Waals surface area contributed by atoms with E-state index in [0.29, 0.717) is 29.4 Å². The highest BCUT2D eigenvalue weighted by Crippen LogP contribution is 2.33. The second kappa shape index (κ2) is 7.14. The summed E-state index contributed by atoms with van der Waals surface area (Å²) in [5, 5.41) is 3.81. The molecule has 10 heteroatoms. The third kappa shape index (κ3) is 3.62. The van der Waals surface area contributed by atoms with Crippen LogP contribution in [0.2, 0.25) is 4.34 Å². The number of amides is 1. The van der Waals surface area contributed by atoms with E-state index in [9.17, 15) is 13.2 Å². The van der Waals surface area contributed by atoms with Crippen LogP contribution in [0.25, 0.3) is 10.2 Å². The van der Waals surface area contributed by atoms with Gasteiger partial charge in [-0.1, -0.05) is 11.6 Å². The lowest BCUT2D eigenvalue weighted by atomic mass is 10.2. The average molecular weight is 442 g/mol. The molecule has 1 saturated heterocycles. The Morgan fingerprint density at radius 3 is 2.85 bits per heavy atom. The normalized spacial score (nSPS) is 18.2. The van der Waals surface area contributed by atoms with E-state index < -0.39 is 16.1 Å². The van der Waals surface area contributed by atoms with Gasteiger partial charge in [0.25, 0.3) is 10.0 Å². The highest BCUT2D eigenvalue weighted by atomic mass is 35.5. The van der Waals surface area contributed by atoms with Crippen LogP contribution in [0.5, 0.6) is 0 Å². The van der Waals surface area contributed by atoms with E-state index in [2.05, 4.69) is 10.3 Å². The second-order valence-electron chi connectivity index (χ2n) is 6.24. The Bertz CT molecular complexity index is 1120. The molecule has 1 unspecified atom stereocenters. The first-order chi connectivity index (χ1) is 12.8. The molecular weight excluding hydrogens is 426 g/mol. The summed E-state index contributed by atoms with van der Waals surface area (Å²) in [7, 11) is -3.74. The van der Waals surface area contributed by atoms with Crippen molar-refractivity contribution in [3.63, 3.8) is 0 Å². The van der Waals surface area contributed by atoms with Gasteiger partial charge in [0.15, 0.2) is 0 Å². The number of anilines is 1. The standard InChI is InChI=1S/C17H16ClN3O3S3/c1-10-19-12-5-4-11(9-14(12)25-10)20-17(22)13-3-2-8-21(13)27(23,24)16-7-6-15(18)26-16/h4-7,9,13H,2-3,8H2,1H3,(H,20,22). The lowest BCUT2D eigenvalue weighted by Crippen LogP contribution is -2.42. The van der Waals surface area contributed by atoms with Crippen molar-refractivity contribution in [1.29, 1.82) is 0 Å². The van der Waals surface area contributed by atoms with Crippen LogP contribution in [0.4, 0.5) is 5.69 Å². The number of aromatic nitrogens is 1. The molecular formula is C17H16ClN3O3S3. The first-order valence-corrected chi connectivity index (χ1v) is 11.7. The predicted molar refractivity (Wildman–Crippen MR) is 109 cm³/mol. The van der Waals surface area contributed by atoms with Crippen LogP contribution in [-0.2, 0) is 14.8 Å². The molecule has 1 fully saturated rings. The number of hydrogen-bond donors (Lipinski definition) is 1. The molecule has 1 aliphatic rings. The number of hydrogen-bond acceptors (Lipinski definition) is 6. The summed E-state index contributed by atoms with van der Waals surface area (Å²) >= 11 is 8.43. The van der Waals surface area contributed by atoms with Crippen LogP contribution in [0.15, 0.2) is 34.5 Å². The molecule has 2 aromatic heterocycles. The number of carbonyl (C=O) groups is 1. The summed E-state index contributed by atoms with van der Waals surface area (Å²) in [5.74, 6) is -0.320. The van der Waals surface area contributed by atoms with Crippen LogP contribution in [0, 0.1) is 6.92 Å². The van der Waals surface area contributed by atoms with Crippen LogP contribution in [0.3, 0.4) is 0 Å². The summed E-state index contributed by atoms with van der Waals surface area (Å²) < 4.78 is 28.6. The van der Waals surface area contributed by atoms with Gasteiger partial charge in [-0.2, -0.15) is 4.31 Å². The number of carbonyl (C=O) groups excluding carboxylic acids is 1. The number of halogens is 1. The number of nitrogens with one attached hydrogen (secondary N) is 1. The van der Waals surface area contributed by atoms with Gasteiger partial charge in [0, 0.05) is 12.2 Å². The lowest BCUT2D eigenvalue weighted by Gasteiger charge is -2.22. The molecule has 1 aromatic carbocycles. The Hall–Kier alpha value is -1.52. The Labute approximate surface area is 169 Å². The summed E-state index contributed by atoms with van der Waals surface area (Å²) in [6.07, 6.45) is 1.13. The van der Waals surface area contributed by atoms with Crippen molar-refractivity contribution in [2.75, 3.05) is 11.9 Å². The molecule has 0 radical (unpaired) electrons. The summed E-state index contributed by atoms with van der Waals surface area (Å²) in [5.41, 5.74) is 1.52. The van der Waals surface area contributed by atoms with Gasteiger partial charge in [0.2, 0.25) is 5.91 Å². The largest absolute Gasteiger partial charge is 0.325 e. The van der Waals surface area contributed by atoms with E-state index in [4.69, 9.17) is 11.6 Å². The number of benzene rings is 1. The molecule has 6 nitrogen and oxygen atoms in total. The minimum Gasteiger partial charge on any atom is -0.325 e. The summed E-state index contributed by atoms with van der Waals surface area (Å²) in [6.45, 7) is 2.25. The summed E-state index contributed by atoms with van der Waals surface area (Å²) in [6, 6.07) is 7.81. The molecule has 3 aromatic rings. The van der Waals surface area contributed by atoms with Gasteiger partial charge >= 0.3 is 0 Å². The van der Waals surface area contributed by atoms with Gasteiger partial charge < -0.3 is 5.32 Å². The maximum atomic E-state index is 12.9. The Balaban J connectivity index is 1.56. The van der Waals surface area contributed by atoms with E-state index in [-0.39, 0.29) is 10.1 Å². The summed E-state index contributed by atoms with van der Waals surface area (Å²) in [4.78, 5) is 17.2. The minimum atomic E-state index is -3.74. The highest BCUT2D eigenvalue weighted by Gasteiger charge is 2.40. The molecule has 27 heavy (non-hydrogen) atoms. The molecule has 0 bridgehead atoms. The Kier molecular flexibility index (Phi) is 4.98. The zero-order valence-electron chi connectivity index (χ0n) is 14.3. The fourth-order valence-corrected chi connectivity index (χ4v) is 7.32. The van der Waals surface area contributed by atoms with Crippen molar-refractivity contribution in [1.82, 2.24) is 9.29 Å². The van der Waals surface area contributed by atoms with Crippen LogP contribution in [0.1, 0.15) is 17.8 Å². The van der Waals surface area contributed by atoms with Crippen LogP contribution in [-0.4, -0.2) is 36.2 Å². The average Bonchev–Trinajstić information content (AvgIpc) is 3.32. The third-order valence-corrected chi connectivity index (χ3v) is 8.92. The maximum Gasteiger partial charge on any atom is 0.253 e. The van der Waals surface area contributed by atoms with Crippen molar-refractivity contribution in [2.45, 2.75) is 30.0 Å². The van der Waals surface area contributed by atoms with Crippen LogP contribution < -0.4 is 5.32 Å². The zero-order chi connectivity index (χ0) is 19.2. The number of aryl methyl sites for hydroxylation is 1. The first-order valence-electron chi connectivity index (χ1n) is 8.30. The van der Waals surface area contributed by atoms with Gasteiger partial charge in [0.1, 0.15) is 10.3 Å². The molecule has 1 N–H and O–H groups in total. The quantitative estimate of drug-likeness (QED) is 0.660. The Morgan fingerprint density at radius 1 is 1.30 bits per heavy atom. The minimum absolute atomic E-state index is 0.161. The second-order valence-corrected chi connectivity index (χ2v) is 11.3. The van der Waals surface area contributed by atoms with Crippen molar-refractivity contribution < 1.29 is 13.2 Å². The van der Waals surface area contributed by atoms with Crippen molar-refractivity contribution >= 4 is 66.1 Å². The van der Waals surface area contributed by atoms with Gasteiger partial charge in [0.05, 0.1) is 19.6 Å². The van der Waals surface area contributed by atoms with Gasteiger partial charge in [-0.3, -0.25) is 4.79 Å². The first kappa shape index (κ1) is 18.8. The molecule has 0 saturated carbocycles. The molecule has 1 amide bonds. The van der Waals surface area contributed by atoms with Crippen molar-refractivity contribution in [2.24, 2.45) is 0 Å². The van der Waals surface area contributed by atoms with E-state index in [1.165, 1.54) is 10.4 Å². The molecule has 0 spiro atoms. The molecule has 0 aliphatic carbocycles. The number of thiazole rings is 1. The van der Waals surface area contributed by atoms with E-state index in [1.807, 2.05) is 19.1 Å². The van der Waals surface area contributed by atoms with E-state index in [0.717, 1.165) is 26.6 Å². The number of sulfonamides is 1. The Morgan fingerprint density at radius 2 is 2.11 bits per heavy atom. The molecule has 4 rings (SSSR count).